The molecule has 3 aromatic rings. The Labute approximate surface area is 137 Å². The van der Waals surface area contributed by atoms with Crippen molar-refractivity contribution in [1.82, 2.24) is 0 Å². The van der Waals surface area contributed by atoms with E-state index in [1.165, 1.54) is 0 Å². The maximum Gasteiger partial charge on any atom is 0.143 e. The summed E-state index contributed by atoms with van der Waals surface area (Å²) in [5.74, 6) is 0. The van der Waals surface area contributed by atoms with Gasteiger partial charge in [-0.2, -0.15) is 0 Å². The highest BCUT2D eigenvalue weighted by Gasteiger charge is 2.37. The van der Waals surface area contributed by atoms with Crippen LogP contribution in [0.5, 0.6) is 0 Å². The van der Waals surface area contributed by atoms with Crippen molar-refractivity contribution in [2.75, 3.05) is 5.73 Å². The number of benzene rings is 3. The van der Waals surface area contributed by atoms with Gasteiger partial charge in [0.15, 0.2) is 0 Å². The molecule has 3 aromatic carbocycles. The van der Waals surface area contributed by atoms with E-state index in [1.807, 2.05) is 86.6 Å². The van der Waals surface area contributed by atoms with E-state index in [0.717, 1.165) is 22.3 Å². The normalized spacial score (nSPS) is 11.4. The van der Waals surface area contributed by atoms with Gasteiger partial charge in [-0.1, -0.05) is 66.7 Å². The third kappa shape index (κ3) is 2.51. The lowest BCUT2D eigenvalue weighted by Gasteiger charge is -2.33. The first-order valence-electron chi connectivity index (χ1n) is 7.74. The fourth-order valence-electron chi connectivity index (χ4n) is 3.22. The van der Waals surface area contributed by atoms with Crippen molar-refractivity contribution in [3.8, 4) is 0 Å². The highest BCUT2D eigenvalue weighted by molar-refractivity contribution is 5.60. The fraction of sp³-hybridized carbons (Fsp3) is 0.143. The van der Waals surface area contributed by atoms with Crippen molar-refractivity contribution in [2.45, 2.75) is 19.4 Å². The number of anilines is 1. The summed E-state index contributed by atoms with van der Waals surface area (Å²) in [5.41, 5.74) is 10.0. The van der Waals surface area contributed by atoms with Gasteiger partial charge in [-0.15, -0.1) is 0 Å². The molecule has 0 aromatic heterocycles. The minimum absolute atomic E-state index is 0.585. The quantitative estimate of drug-likeness (QED) is 0.563. The Morgan fingerprint density at radius 3 is 1.48 bits per heavy atom. The van der Waals surface area contributed by atoms with Crippen molar-refractivity contribution in [2.24, 2.45) is 0 Å². The Kier molecular flexibility index (Phi) is 3.93. The molecular formula is C21H21NO. The third-order valence-corrected chi connectivity index (χ3v) is 4.42. The molecule has 0 unspecified atom stereocenters. The van der Waals surface area contributed by atoms with Crippen LogP contribution in [-0.2, 0) is 5.60 Å². The average Bonchev–Trinajstić information content (AvgIpc) is 2.55. The van der Waals surface area contributed by atoms with Crippen LogP contribution >= 0.6 is 0 Å². The second-order valence-corrected chi connectivity index (χ2v) is 5.93. The van der Waals surface area contributed by atoms with Crippen molar-refractivity contribution in [1.29, 1.82) is 0 Å². The molecule has 0 saturated carbocycles. The van der Waals surface area contributed by atoms with Crippen LogP contribution in [0.2, 0.25) is 0 Å². The van der Waals surface area contributed by atoms with Gasteiger partial charge in [0.05, 0.1) is 0 Å². The largest absolute Gasteiger partial charge is 0.398 e. The Morgan fingerprint density at radius 1 is 0.652 bits per heavy atom. The molecule has 0 saturated heterocycles. The summed E-state index contributed by atoms with van der Waals surface area (Å²) in [7, 11) is 0. The lowest BCUT2D eigenvalue weighted by atomic mass is 9.76. The van der Waals surface area contributed by atoms with E-state index < -0.39 is 5.60 Å². The minimum atomic E-state index is -1.28. The molecule has 0 heterocycles. The van der Waals surface area contributed by atoms with Crippen molar-refractivity contribution >= 4 is 5.69 Å². The van der Waals surface area contributed by atoms with E-state index in [4.69, 9.17) is 5.73 Å². The first kappa shape index (κ1) is 15.3. The zero-order chi connectivity index (χ0) is 16.4. The highest BCUT2D eigenvalue weighted by atomic mass is 16.3. The maximum absolute atomic E-state index is 11.9. The Bertz CT molecular complexity index is 728. The molecule has 0 fully saturated rings. The summed E-state index contributed by atoms with van der Waals surface area (Å²) >= 11 is 0. The van der Waals surface area contributed by atoms with E-state index in [2.05, 4.69) is 0 Å². The van der Waals surface area contributed by atoms with Gasteiger partial charge in [0.2, 0.25) is 0 Å². The standard InChI is InChI=1S/C21H21NO/c1-15-9-3-5-11-17(15)21(23,18-12-6-4-10-16(18)2)19-13-7-8-14-20(19)22/h3-14,23H,22H2,1-2H3. The maximum atomic E-state index is 11.9. The van der Waals surface area contributed by atoms with Crippen molar-refractivity contribution < 1.29 is 5.11 Å². The molecule has 0 amide bonds. The van der Waals surface area contributed by atoms with Crippen LogP contribution in [0.25, 0.3) is 0 Å². The molecular weight excluding hydrogens is 282 g/mol. The second-order valence-electron chi connectivity index (χ2n) is 5.93. The molecule has 0 aliphatic carbocycles. The highest BCUT2D eigenvalue weighted by Crippen LogP contribution is 2.41. The smallest absolute Gasteiger partial charge is 0.143 e. The lowest BCUT2D eigenvalue weighted by molar-refractivity contribution is 0.125. The zero-order valence-electron chi connectivity index (χ0n) is 13.5. The number of nitrogens with two attached hydrogens (primary N) is 1. The molecule has 116 valence electrons. The van der Waals surface area contributed by atoms with E-state index in [-0.39, 0.29) is 0 Å². The monoisotopic (exact) mass is 303 g/mol. The Hall–Kier alpha value is -2.58. The summed E-state index contributed by atoms with van der Waals surface area (Å²) < 4.78 is 0. The zero-order valence-corrected chi connectivity index (χ0v) is 13.5. The van der Waals surface area contributed by atoms with Crippen LogP contribution in [0.1, 0.15) is 27.8 Å². The van der Waals surface area contributed by atoms with Crippen LogP contribution in [0.4, 0.5) is 5.69 Å². The van der Waals surface area contributed by atoms with Gasteiger partial charge >= 0.3 is 0 Å². The molecule has 3 N–H and O–H groups in total. The van der Waals surface area contributed by atoms with Crippen molar-refractivity contribution in [3.05, 3.63) is 101 Å². The van der Waals surface area contributed by atoms with Crippen LogP contribution in [0.3, 0.4) is 0 Å². The van der Waals surface area contributed by atoms with Gasteiger partial charge in [-0.25, -0.2) is 0 Å². The first-order valence-corrected chi connectivity index (χ1v) is 7.74. The molecule has 0 spiro atoms. The number of aryl methyl sites for hydroxylation is 2. The van der Waals surface area contributed by atoms with E-state index in [0.29, 0.717) is 11.3 Å². The molecule has 2 nitrogen and oxygen atoms in total. The molecule has 0 radical (unpaired) electrons. The lowest BCUT2D eigenvalue weighted by Crippen LogP contribution is -2.31. The molecule has 2 heteroatoms. The Morgan fingerprint density at radius 2 is 1.04 bits per heavy atom. The van der Waals surface area contributed by atoms with Crippen LogP contribution in [0, 0.1) is 13.8 Å². The SMILES string of the molecule is Cc1ccccc1C(O)(c1ccccc1C)c1ccccc1N. The molecule has 0 aliphatic rings. The van der Waals surface area contributed by atoms with Gasteiger partial charge < -0.3 is 10.8 Å². The molecule has 0 bridgehead atoms. The predicted molar refractivity (Wildman–Crippen MR) is 95.3 cm³/mol. The van der Waals surface area contributed by atoms with Gasteiger partial charge in [-0.05, 0) is 42.2 Å². The van der Waals surface area contributed by atoms with Crippen LogP contribution in [-0.4, -0.2) is 5.11 Å². The molecule has 3 rings (SSSR count). The minimum Gasteiger partial charge on any atom is -0.398 e. The van der Waals surface area contributed by atoms with Crippen LogP contribution in [0.15, 0.2) is 72.8 Å². The molecule has 0 aliphatic heterocycles. The first-order chi connectivity index (χ1) is 11.0. The number of hydrogen-bond donors (Lipinski definition) is 2. The second kappa shape index (κ2) is 5.90. The van der Waals surface area contributed by atoms with Gasteiger partial charge in [0.25, 0.3) is 0 Å². The summed E-state index contributed by atoms with van der Waals surface area (Å²) in [6.45, 7) is 4.02. The number of rotatable bonds is 3. The molecule has 23 heavy (non-hydrogen) atoms. The van der Waals surface area contributed by atoms with E-state index in [1.54, 1.807) is 0 Å². The number of nitrogen functional groups attached to an aromatic ring is 1. The fourth-order valence-corrected chi connectivity index (χ4v) is 3.22. The third-order valence-electron chi connectivity index (χ3n) is 4.42. The van der Waals surface area contributed by atoms with E-state index >= 15 is 0 Å². The predicted octanol–water partition coefficient (Wildman–Crippen LogP) is 4.17. The average molecular weight is 303 g/mol. The molecule has 0 atom stereocenters. The summed E-state index contributed by atoms with van der Waals surface area (Å²) in [6.07, 6.45) is 0. The van der Waals surface area contributed by atoms with Crippen molar-refractivity contribution in [3.63, 3.8) is 0 Å². The van der Waals surface area contributed by atoms with Gasteiger partial charge in [-0.3, -0.25) is 0 Å². The summed E-state index contributed by atoms with van der Waals surface area (Å²) in [6, 6.07) is 23.3. The summed E-state index contributed by atoms with van der Waals surface area (Å²) in [5, 5.41) is 11.9. The van der Waals surface area contributed by atoms with Gasteiger partial charge in [0.1, 0.15) is 5.60 Å². The van der Waals surface area contributed by atoms with Gasteiger partial charge in [0, 0.05) is 11.3 Å². The van der Waals surface area contributed by atoms with E-state index in [9.17, 15) is 5.11 Å². The number of para-hydroxylation sites is 1. The number of aliphatic hydroxyl groups is 1. The van der Waals surface area contributed by atoms with Crippen LogP contribution < -0.4 is 5.73 Å². The summed E-state index contributed by atoms with van der Waals surface area (Å²) in [4.78, 5) is 0. The Balaban J connectivity index is 2.38. The topological polar surface area (TPSA) is 46.2 Å². The number of hydrogen-bond acceptors (Lipinski definition) is 2.